The van der Waals surface area contributed by atoms with Gasteiger partial charge in [-0.3, -0.25) is 9.89 Å². The van der Waals surface area contributed by atoms with Crippen molar-refractivity contribution in [3.8, 4) is 0 Å². The number of aromatic nitrogens is 2. The predicted octanol–water partition coefficient (Wildman–Crippen LogP) is 3.72. The smallest absolute Gasteiger partial charge is 0.258 e. The van der Waals surface area contributed by atoms with Crippen LogP contribution in [-0.4, -0.2) is 16.1 Å². The van der Waals surface area contributed by atoms with E-state index in [1.165, 1.54) is 0 Å². The third kappa shape index (κ3) is 2.96. The Hall–Kier alpha value is -1.95. The van der Waals surface area contributed by atoms with E-state index in [1.807, 2.05) is 13.8 Å². The number of hydrogen-bond donors (Lipinski definition) is 2. The van der Waals surface area contributed by atoms with Crippen molar-refractivity contribution in [2.24, 2.45) is 0 Å². The van der Waals surface area contributed by atoms with Crippen LogP contribution >= 0.6 is 11.6 Å². The number of amides is 1. The van der Waals surface area contributed by atoms with Crippen LogP contribution in [0.5, 0.6) is 0 Å². The minimum absolute atomic E-state index is 0.153. The highest BCUT2D eigenvalue weighted by atomic mass is 35.5. The zero-order valence-electron chi connectivity index (χ0n) is 10.8. The van der Waals surface area contributed by atoms with Crippen LogP contribution in [0.4, 0.5) is 14.6 Å². The van der Waals surface area contributed by atoms with E-state index < -0.39 is 17.5 Å². The summed E-state index contributed by atoms with van der Waals surface area (Å²) in [5.74, 6) is -2.38. The molecule has 2 rings (SSSR count). The number of rotatable bonds is 3. The minimum atomic E-state index is -1.13. The molecule has 1 aromatic heterocycles. The van der Waals surface area contributed by atoms with Gasteiger partial charge >= 0.3 is 0 Å². The van der Waals surface area contributed by atoms with Gasteiger partial charge in [0.2, 0.25) is 0 Å². The zero-order valence-corrected chi connectivity index (χ0v) is 11.6. The monoisotopic (exact) mass is 299 g/mol. The molecule has 0 aliphatic heterocycles. The second kappa shape index (κ2) is 5.58. The molecule has 2 N–H and O–H groups in total. The molecule has 2 aromatic rings. The minimum Gasteiger partial charge on any atom is -0.305 e. The first-order chi connectivity index (χ1) is 9.38. The van der Waals surface area contributed by atoms with Gasteiger partial charge in [-0.1, -0.05) is 25.4 Å². The van der Waals surface area contributed by atoms with E-state index in [1.54, 1.807) is 6.07 Å². The van der Waals surface area contributed by atoms with Crippen LogP contribution in [0.3, 0.4) is 0 Å². The summed E-state index contributed by atoms with van der Waals surface area (Å²) in [5, 5.41) is 8.97. The molecule has 1 amide bonds. The maximum atomic E-state index is 13.1. The summed E-state index contributed by atoms with van der Waals surface area (Å²) in [6, 6.07) is 3.18. The predicted molar refractivity (Wildman–Crippen MR) is 72.0 cm³/mol. The molecular formula is C13H12ClF2N3O. The lowest BCUT2D eigenvalue weighted by Crippen LogP contribution is -2.13. The third-order valence-electron chi connectivity index (χ3n) is 2.72. The van der Waals surface area contributed by atoms with Crippen molar-refractivity contribution in [2.75, 3.05) is 5.32 Å². The lowest BCUT2D eigenvalue weighted by molar-refractivity contribution is 0.102. The lowest BCUT2D eigenvalue weighted by atomic mass is 10.1. The fraction of sp³-hybridized carbons (Fsp3) is 0.231. The Morgan fingerprint density at radius 1 is 1.30 bits per heavy atom. The quantitative estimate of drug-likeness (QED) is 0.849. The second-order valence-electron chi connectivity index (χ2n) is 4.56. The Labute approximate surface area is 119 Å². The van der Waals surface area contributed by atoms with E-state index in [2.05, 4.69) is 15.5 Å². The summed E-state index contributed by atoms with van der Waals surface area (Å²) < 4.78 is 26.1. The molecule has 4 nitrogen and oxygen atoms in total. The summed E-state index contributed by atoms with van der Waals surface area (Å²) in [6.45, 7) is 3.93. The van der Waals surface area contributed by atoms with Gasteiger partial charge in [0.25, 0.3) is 5.91 Å². The van der Waals surface area contributed by atoms with Crippen molar-refractivity contribution in [3.05, 3.63) is 46.1 Å². The first-order valence-corrected chi connectivity index (χ1v) is 6.27. The molecule has 0 radical (unpaired) electrons. The Morgan fingerprint density at radius 3 is 2.55 bits per heavy atom. The number of anilines is 1. The summed E-state index contributed by atoms with van der Waals surface area (Å²) >= 11 is 5.72. The molecule has 1 aromatic carbocycles. The highest BCUT2D eigenvalue weighted by molar-refractivity contribution is 6.34. The van der Waals surface area contributed by atoms with E-state index in [0.717, 1.165) is 17.8 Å². The summed E-state index contributed by atoms with van der Waals surface area (Å²) in [6.07, 6.45) is 0. The Morgan fingerprint density at radius 2 is 1.95 bits per heavy atom. The van der Waals surface area contributed by atoms with Gasteiger partial charge in [0.1, 0.15) is 0 Å². The number of H-pyrrole nitrogens is 1. The van der Waals surface area contributed by atoms with E-state index >= 15 is 0 Å². The zero-order chi connectivity index (χ0) is 14.9. The van der Waals surface area contributed by atoms with Gasteiger partial charge in [-0.15, -0.1) is 0 Å². The largest absolute Gasteiger partial charge is 0.305 e. The van der Waals surface area contributed by atoms with Crippen LogP contribution in [0.25, 0.3) is 0 Å². The van der Waals surface area contributed by atoms with Gasteiger partial charge in [0, 0.05) is 11.8 Å². The lowest BCUT2D eigenvalue weighted by Gasteiger charge is -2.05. The number of carbonyl (C=O) groups is 1. The van der Waals surface area contributed by atoms with E-state index in [4.69, 9.17) is 11.6 Å². The molecule has 0 spiro atoms. The standard InChI is InChI=1S/C13H12ClF2N3O/c1-6(2)11-5-12(19-18-11)17-13(20)7-3-9(15)10(16)4-8(7)14/h3-6H,1-2H3,(H2,17,18,19,20). The fourth-order valence-corrected chi connectivity index (χ4v) is 1.81. The molecule has 0 aliphatic rings. The molecule has 20 heavy (non-hydrogen) atoms. The van der Waals surface area contributed by atoms with Crippen LogP contribution in [-0.2, 0) is 0 Å². The molecule has 1 heterocycles. The molecule has 106 valence electrons. The van der Waals surface area contributed by atoms with Crippen molar-refractivity contribution in [1.29, 1.82) is 0 Å². The van der Waals surface area contributed by atoms with Crippen LogP contribution in [0, 0.1) is 11.6 Å². The molecule has 0 saturated heterocycles. The van der Waals surface area contributed by atoms with Crippen molar-refractivity contribution in [3.63, 3.8) is 0 Å². The van der Waals surface area contributed by atoms with Gasteiger partial charge < -0.3 is 5.32 Å². The number of hydrogen-bond acceptors (Lipinski definition) is 2. The van der Waals surface area contributed by atoms with Crippen LogP contribution < -0.4 is 5.32 Å². The van der Waals surface area contributed by atoms with Gasteiger partial charge in [0.05, 0.1) is 10.6 Å². The number of nitrogens with one attached hydrogen (secondary N) is 2. The van der Waals surface area contributed by atoms with Crippen molar-refractivity contribution in [2.45, 2.75) is 19.8 Å². The second-order valence-corrected chi connectivity index (χ2v) is 4.97. The highest BCUT2D eigenvalue weighted by Gasteiger charge is 2.16. The fourth-order valence-electron chi connectivity index (χ4n) is 1.58. The van der Waals surface area contributed by atoms with Crippen LogP contribution in [0.15, 0.2) is 18.2 Å². The highest BCUT2D eigenvalue weighted by Crippen LogP contribution is 2.21. The summed E-state index contributed by atoms with van der Waals surface area (Å²) in [5.41, 5.74) is 0.691. The first-order valence-electron chi connectivity index (χ1n) is 5.89. The van der Waals surface area contributed by atoms with E-state index in [0.29, 0.717) is 5.82 Å². The first kappa shape index (κ1) is 14.5. The molecule has 0 aliphatic carbocycles. The number of carbonyl (C=O) groups excluding carboxylic acids is 1. The van der Waals surface area contributed by atoms with Gasteiger partial charge in [0.15, 0.2) is 17.5 Å². The SMILES string of the molecule is CC(C)c1cc(NC(=O)c2cc(F)c(F)cc2Cl)n[nH]1. The van der Waals surface area contributed by atoms with E-state index in [9.17, 15) is 13.6 Å². The van der Waals surface area contributed by atoms with Gasteiger partial charge in [-0.25, -0.2) is 8.78 Å². The molecule has 0 bridgehead atoms. The molecule has 7 heteroatoms. The Bertz CT molecular complexity index is 655. The average molecular weight is 300 g/mol. The number of benzene rings is 1. The molecule has 0 fully saturated rings. The summed E-state index contributed by atoms with van der Waals surface area (Å²) in [7, 11) is 0. The normalized spacial score (nSPS) is 10.9. The topological polar surface area (TPSA) is 57.8 Å². The molecule has 0 saturated carbocycles. The van der Waals surface area contributed by atoms with Gasteiger partial charge in [-0.2, -0.15) is 5.10 Å². The van der Waals surface area contributed by atoms with Crippen molar-refractivity contribution in [1.82, 2.24) is 10.2 Å². The Balaban J connectivity index is 2.21. The van der Waals surface area contributed by atoms with Crippen molar-refractivity contribution < 1.29 is 13.6 Å². The number of aromatic amines is 1. The maximum Gasteiger partial charge on any atom is 0.258 e. The summed E-state index contributed by atoms with van der Waals surface area (Å²) in [4.78, 5) is 11.9. The van der Waals surface area contributed by atoms with Crippen LogP contribution in [0.2, 0.25) is 5.02 Å². The maximum absolute atomic E-state index is 13.1. The Kier molecular flexibility index (Phi) is 4.04. The average Bonchev–Trinajstić information content (AvgIpc) is 2.82. The van der Waals surface area contributed by atoms with Crippen molar-refractivity contribution >= 4 is 23.3 Å². The van der Waals surface area contributed by atoms with Gasteiger partial charge in [-0.05, 0) is 18.1 Å². The van der Waals surface area contributed by atoms with E-state index in [-0.39, 0.29) is 16.5 Å². The molecule has 0 unspecified atom stereocenters. The molecular weight excluding hydrogens is 288 g/mol. The number of nitrogens with zero attached hydrogens (tertiary/aromatic N) is 1. The number of halogens is 3. The molecule has 0 atom stereocenters. The third-order valence-corrected chi connectivity index (χ3v) is 3.03. The van der Waals surface area contributed by atoms with Crippen LogP contribution in [0.1, 0.15) is 35.8 Å².